The van der Waals surface area contributed by atoms with Gasteiger partial charge in [0.2, 0.25) is 5.88 Å². The van der Waals surface area contributed by atoms with Crippen LogP contribution in [0.1, 0.15) is 58.4 Å². The standard InChI is InChI=1S/C17H29ClN2O/c1-4-5-6-7-8-9-21-17-16(18)10-15(13-20-17)12-19-11-14(2)3/h10,13-14,19H,4-9,11-12H2,1-3H3. The number of ether oxygens (including phenoxy) is 1. The van der Waals surface area contributed by atoms with Gasteiger partial charge < -0.3 is 10.1 Å². The Morgan fingerprint density at radius 1 is 1.24 bits per heavy atom. The van der Waals surface area contributed by atoms with Gasteiger partial charge in [-0.15, -0.1) is 0 Å². The molecule has 0 amide bonds. The molecule has 0 aliphatic carbocycles. The van der Waals surface area contributed by atoms with Crippen LogP contribution in [-0.4, -0.2) is 18.1 Å². The van der Waals surface area contributed by atoms with Crippen LogP contribution in [-0.2, 0) is 6.54 Å². The molecule has 0 fully saturated rings. The molecule has 0 bridgehead atoms. The average molecular weight is 313 g/mol. The Balaban J connectivity index is 2.29. The molecule has 0 radical (unpaired) electrons. The quantitative estimate of drug-likeness (QED) is 0.594. The minimum atomic E-state index is 0.555. The first kappa shape index (κ1) is 18.2. The smallest absolute Gasteiger partial charge is 0.232 e. The zero-order chi connectivity index (χ0) is 15.5. The predicted molar refractivity (Wildman–Crippen MR) is 90.0 cm³/mol. The monoisotopic (exact) mass is 312 g/mol. The van der Waals surface area contributed by atoms with E-state index in [2.05, 4.69) is 31.1 Å². The first-order valence-electron chi connectivity index (χ1n) is 8.11. The van der Waals surface area contributed by atoms with Crippen molar-refractivity contribution in [2.75, 3.05) is 13.2 Å². The van der Waals surface area contributed by atoms with Crippen molar-refractivity contribution in [2.24, 2.45) is 5.92 Å². The minimum absolute atomic E-state index is 0.555. The van der Waals surface area contributed by atoms with Gasteiger partial charge in [0, 0.05) is 12.7 Å². The number of aromatic nitrogens is 1. The second kappa shape index (κ2) is 10.9. The molecule has 1 aromatic rings. The molecule has 0 aromatic carbocycles. The lowest BCUT2D eigenvalue weighted by Gasteiger charge is -2.10. The molecule has 1 heterocycles. The van der Waals surface area contributed by atoms with Crippen molar-refractivity contribution in [3.63, 3.8) is 0 Å². The van der Waals surface area contributed by atoms with Crippen LogP contribution < -0.4 is 10.1 Å². The summed E-state index contributed by atoms with van der Waals surface area (Å²) in [4.78, 5) is 4.32. The fourth-order valence-electron chi connectivity index (χ4n) is 2.05. The van der Waals surface area contributed by atoms with E-state index < -0.39 is 0 Å². The van der Waals surface area contributed by atoms with E-state index in [0.717, 1.165) is 25.1 Å². The SMILES string of the molecule is CCCCCCCOc1ncc(CNCC(C)C)cc1Cl. The Bertz CT molecular complexity index is 396. The van der Waals surface area contributed by atoms with Crippen LogP contribution in [0.4, 0.5) is 0 Å². The van der Waals surface area contributed by atoms with E-state index in [-0.39, 0.29) is 0 Å². The Morgan fingerprint density at radius 3 is 2.67 bits per heavy atom. The molecule has 0 unspecified atom stereocenters. The molecule has 0 spiro atoms. The van der Waals surface area contributed by atoms with E-state index in [0.29, 0.717) is 23.4 Å². The second-order valence-corrected chi connectivity index (χ2v) is 6.33. The Kier molecular flexibility index (Phi) is 9.44. The van der Waals surface area contributed by atoms with Gasteiger partial charge in [-0.3, -0.25) is 0 Å². The van der Waals surface area contributed by atoms with Crippen LogP contribution in [0.5, 0.6) is 5.88 Å². The van der Waals surface area contributed by atoms with Crippen molar-refractivity contribution in [3.05, 3.63) is 22.8 Å². The summed E-state index contributed by atoms with van der Waals surface area (Å²) in [5, 5.41) is 3.98. The van der Waals surface area contributed by atoms with Crippen molar-refractivity contribution in [2.45, 2.75) is 59.4 Å². The van der Waals surface area contributed by atoms with E-state index in [9.17, 15) is 0 Å². The summed E-state index contributed by atoms with van der Waals surface area (Å²) in [6.45, 7) is 9.08. The Hall–Kier alpha value is -0.800. The predicted octanol–water partition coefficient (Wildman–Crippen LogP) is 4.83. The topological polar surface area (TPSA) is 34.1 Å². The van der Waals surface area contributed by atoms with Crippen molar-refractivity contribution >= 4 is 11.6 Å². The number of hydrogen-bond acceptors (Lipinski definition) is 3. The largest absolute Gasteiger partial charge is 0.477 e. The van der Waals surface area contributed by atoms with Crippen molar-refractivity contribution < 1.29 is 4.74 Å². The molecule has 0 saturated heterocycles. The van der Waals surface area contributed by atoms with E-state index in [1.54, 1.807) is 0 Å². The number of nitrogens with zero attached hydrogens (tertiary/aromatic N) is 1. The lowest BCUT2D eigenvalue weighted by molar-refractivity contribution is 0.293. The molecule has 0 aliphatic heterocycles. The maximum absolute atomic E-state index is 6.22. The lowest BCUT2D eigenvalue weighted by atomic mass is 10.2. The number of halogens is 1. The molecule has 0 saturated carbocycles. The van der Waals surface area contributed by atoms with Crippen molar-refractivity contribution in [3.8, 4) is 5.88 Å². The van der Waals surface area contributed by atoms with Crippen molar-refractivity contribution in [1.29, 1.82) is 0 Å². The van der Waals surface area contributed by atoms with E-state index in [1.807, 2.05) is 12.3 Å². The van der Waals surface area contributed by atoms with Gasteiger partial charge in [0.1, 0.15) is 5.02 Å². The first-order valence-corrected chi connectivity index (χ1v) is 8.49. The Morgan fingerprint density at radius 2 is 2.00 bits per heavy atom. The van der Waals surface area contributed by atoms with Crippen LogP contribution in [0.25, 0.3) is 0 Å². The molecule has 1 rings (SSSR count). The lowest BCUT2D eigenvalue weighted by Crippen LogP contribution is -2.19. The molecule has 4 heteroatoms. The van der Waals surface area contributed by atoms with Gasteiger partial charge in [-0.05, 0) is 30.5 Å². The van der Waals surface area contributed by atoms with E-state index in [4.69, 9.17) is 16.3 Å². The third-order valence-corrected chi connectivity index (χ3v) is 3.50. The highest BCUT2D eigenvalue weighted by Gasteiger charge is 2.05. The summed E-state index contributed by atoms with van der Waals surface area (Å²) < 4.78 is 5.65. The Labute approximate surface area is 134 Å². The number of hydrogen-bond donors (Lipinski definition) is 1. The fraction of sp³-hybridized carbons (Fsp3) is 0.706. The second-order valence-electron chi connectivity index (χ2n) is 5.92. The van der Waals surface area contributed by atoms with Gasteiger partial charge in [0.25, 0.3) is 0 Å². The third-order valence-electron chi connectivity index (χ3n) is 3.23. The summed E-state index contributed by atoms with van der Waals surface area (Å²) in [6.07, 6.45) is 7.96. The fourth-order valence-corrected chi connectivity index (χ4v) is 2.29. The highest BCUT2D eigenvalue weighted by molar-refractivity contribution is 6.31. The van der Waals surface area contributed by atoms with Crippen LogP contribution in [0.2, 0.25) is 5.02 Å². The van der Waals surface area contributed by atoms with Gasteiger partial charge in [-0.1, -0.05) is 58.1 Å². The number of rotatable bonds is 11. The molecule has 0 aliphatic rings. The summed E-state index contributed by atoms with van der Waals surface area (Å²) in [7, 11) is 0. The molecule has 0 atom stereocenters. The molecule has 1 aromatic heterocycles. The molecule has 1 N–H and O–H groups in total. The minimum Gasteiger partial charge on any atom is -0.477 e. The third kappa shape index (κ3) is 8.27. The zero-order valence-corrected chi connectivity index (χ0v) is 14.4. The molecular weight excluding hydrogens is 284 g/mol. The van der Waals surface area contributed by atoms with Gasteiger partial charge in [0.05, 0.1) is 6.61 Å². The van der Waals surface area contributed by atoms with Crippen LogP contribution in [0.15, 0.2) is 12.3 Å². The summed E-state index contributed by atoms with van der Waals surface area (Å²) in [5.41, 5.74) is 1.09. The molecule has 21 heavy (non-hydrogen) atoms. The van der Waals surface area contributed by atoms with Gasteiger partial charge in [-0.2, -0.15) is 0 Å². The highest BCUT2D eigenvalue weighted by atomic mass is 35.5. The maximum atomic E-state index is 6.22. The first-order chi connectivity index (χ1) is 10.1. The number of unbranched alkanes of at least 4 members (excludes halogenated alkanes) is 4. The van der Waals surface area contributed by atoms with Crippen LogP contribution in [0, 0.1) is 5.92 Å². The van der Waals surface area contributed by atoms with Gasteiger partial charge in [-0.25, -0.2) is 4.98 Å². The maximum Gasteiger partial charge on any atom is 0.232 e. The number of pyridine rings is 1. The summed E-state index contributed by atoms with van der Waals surface area (Å²) >= 11 is 6.22. The van der Waals surface area contributed by atoms with Gasteiger partial charge in [0.15, 0.2) is 0 Å². The molecule has 3 nitrogen and oxygen atoms in total. The van der Waals surface area contributed by atoms with Crippen LogP contribution >= 0.6 is 11.6 Å². The highest BCUT2D eigenvalue weighted by Crippen LogP contribution is 2.22. The zero-order valence-electron chi connectivity index (χ0n) is 13.6. The summed E-state index contributed by atoms with van der Waals surface area (Å²) in [5.74, 6) is 1.20. The normalized spacial score (nSPS) is 11.1. The van der Waals surface area contributed by atoms with Crippen molar-refractivity contribution in [1.82, 2.24) is 10.3 Å². The van der Waals surface area contributed by atoms with Crippen LogP contribution in [0.3, 0.4) is 0 Å². The van der Waals surface area contributed by atoms with E-state index in [1.165, 1.54) is 25.7 Å². The summed E-state index contributed by atoms with van der Waals surface area (Å²) in [6, 6.07) is 1.94. The number of nitrogens with one attached hydrogen (secondary N) is 1. The van der Waals surface area contributed by atoms with Gasteiger partial charge >= 0.3 is 0 Å². The average Bonchev–Trinajstić information content (AvgIpc) is 2.44. The van der Waals surface area contributed by atoms with E-state index >= 15 is 0 Å². The molecule has 120 valence electrons. The molecular formula is C17H29ClN2O.